The Morgan fingerprint density at radius 3 is 2.37 bits per heavy atom. The summed E-state index contributed by atoms with van der Waals surface area (Å²) in [5, 5.41) is 0. The lowest BCUT2D eigenvalue weighted by Gasteiger charge is -2.40. The molecule has 3 rings (SSSR count). The van der Waals surface area contributed by atoms with Crippen LogP contribution in [0.3, 0.4) is 0 Å². The number of rotatable bonds is 2. The molecular formula is C12H15F3N4. The van der Waals surface area contributed by atoms with E-state index in [-0.39, 0.29) is 12.0 Å². The molecule has 0 aliphatic carbocycles. The highest BCUT2D eigenvalue weighted by Crippen LogP contribution is 2.33. The molecular weight excluding hydrogens is 257 g/mol. The van der Waals surface area contributed by atoms with E-state index in [1.165, 1.54) is 0 Å². The Kier molecular flexibility index (Phi) is 2.79. The average molecular weight is 272 g/mol. The Balaban J connectivity index is 1.98. The maximum absolute atomic E-state index is 12.9. The Labute approximate surface area is 109 Å². The molecule has 3 heterocycles. The van der Waals surface area contributed by atoms with E-state index in [4.69, 9.17) is 0 Å². The van der Waals surface area contributed by atoms with E-state index in [2.05, 4.69) is 9.97 Å². The summed E-state index contributed by atoms with van der Waals surface area (Å²) >= 11 is 0. The molecule has 0 saturated carbocycles. The molecule has 2 fully saturated rings. The van der Waals surface area contributed by atoms with Gasteiger partial charge in [-0.05, 0) is 19.8 Å². The van der Waals surface area contributed by atoms with Crippen LogP contribution in [0.4, 0.5) is 24.9 Å². The van der Waals surface area contributed by atoms with E-state index < -0.39 is 11.9 Å². The monoisotopic (exact) mass is 272 g/mol. The summed E-state index contributed by atoms with van der Waals surface area (Å²) < 4.78 is 38.7. The first kappa shape index (κ1) is 12.5. The van der Waals surface area contributed by atoms with Crippen LogP contribution in [0.1, 0.15) is 25.5 Å². The topological polar surface area (TPSA) is 32.3 Å². The first-order valence-corrected chi connectivity index (χ1v) is 6.43. The largest absolute Gasteiger partial charge is 0.433 e. The van der Waals surface area contributed by atoms with Crippen LogP contribution in [-0.4, -0.2) is 35.6 Å². The van der Waals surface area contributed by atoms with Gasteiger partial charge in [0.05, 0.1) is 0 Å². The molecule has 104 valence electrons. The quantitative estimate of drug-likeness (QED) is 0.827. The fourth-order valence-corrected chi connectivity index (χ4v) is 2.22. The standard InChI is InChI=1S/C12H15F3N4/c1-8-3-6-19(8)11-16-9(12(13,14)15)7-10(17-11)18-4-2-5-18/h7-8H,2-6H2,1H3. The van der Waals surface area contributed by atoms with Gasteiger partial charge in [0.2, 0.25) is 5.95 Å². The van der Waals surface area contributed by atoms with Crippen LogP contribution >= 0.6 is 0 Å². The smallest absolute Gasteiger partial charge is 0.356 e. The van der Waals surface area contributed by atoms with Gasteiger partial charge in [-0.25, -0.2) is 4.98 Å². The predicted molar refractivity (Wildman–Crippen MR) is 65.3 cm³/mol. The van der Waals surface area contributed by atoms with Crippen molar-refractivity contribution >= 4 is 11.8 Å². The lowest BCUT2D eigenvalue weighted by molar-refractivity contribution is -0.141. The van der Waals surface area contributed by atoms with Gasteiger partial charge in [-0.15, -0.1) is 0 Å². The van der Waals surface area contributed by atoms with E-state index in [1.807, 2.05) is 16.7 Å². The maximum Gasteiger partial charge on any atom is 0.433 e. The zero-order chi connectivity index (χ0) is 13.6. The van der Waals surface area contributed by atoms with Crippen molar-refractivity contribution < 1.29 is 13.2 Å². The number of nitrogens with zero attached hydrogens (tertiary/aromatic N) is 4. The van der Waals surface area contributed by atoms with Gasteiger partial charge < -0.3 is 9.80 Å². The minimum atomic E-state index is -4.43. The molecule has 1 aromatic rings. The third kappa shape index (κ3) is 2.21. The van der Waals surface area contributed by atoms with E-state index in [9.17, 15) is 13.2 Å². The van der Waals surface area contributed by atoms with Gasteiger partial charge in [0.25, 0.3) is 0 Å². The van der Waals surface area contributed by atoms with Crippen molar-refractivity contribution in [2.45, 2.75) is 32.0 Å². The second-order valence-corrected chi connectivity index (χ2v) is 5.08. The summed E-state index contributed by atoms with van der Waals surface area (Å²) in [6.07, 6.45) is -2.45. The summed E-state index contributed by atoms with van der Waals surface area (Å²) in [5.74, 6) is 0.596. The van der Waals surface area contributed by atoms with Crippen molar-refractivity contribution in [3.05, 3.63) is 11.8 Å². The van der Waals surface area contributed by atoms with Crippen molar-refractivity contribution in [1.29, 1.82) is 0 Å². The minimum absolute atomic E-state index is 0.204. The molecule has 0 bridgehead atoms. The first-order valence-electron chi connectivity index (χ1n) is 6.43. The van der Waals surface area contributed by atoms with Gasteiger partial charge in [-0.3, -0.25) is 0 Å². The second kappa shape index (κ2) is 4.25. The molecule has 0 aromatic carbocycles. The van der Waals surface area contributed by atoms with Crippen molar-refractivity contribution in [3.8, 4) is 0 Å². The third-order valence-corrected chi connectivity index (χ3v) is 3.75. The Morgan fingerprint density at radius 1 is 1.21 bits per heavy atom. The molecule has 1 aromatic heterocycles. The lowest BCUT2D eigenvalue weighted by Crippen LogP contribution is -2.47. The molecule has 2 saturated heterocycles. The van der Waals surface area contributed by atoms with Gasteiger partial charge in [-0.1, -0.05) is 0 Å². The Hall–Kier alpha value is -1.53. The van der Waals surface area contributed by atoms with Gasteiger partial charge >= 0.3 is 6.18 Å². The second-order valence-electron chi connectivity index (χ2n) is 5.08. The van der Waals surface area contributed by atoms with Crippen LogP contribution in [0, 0.1) is 0 Å². The SMILES string of the molecule is CC1CCN1c1nc(N2CCC2)cc(C(F)(F)F)n1. The number of anilines is 2. The molecule has 19 heavy (non-hydrogen) atoms. The van der Waals surface area contributed by atoms with E-state index >= 15 is 0 Å². The van der Waals surface area contributed by atoms with Crippen LogP contribution in [0.2, 0.25) is 0 Å². The fourth-order valence-electron chi connectivity index (χ4n) is 2.22. The predicted octanol–water partition coefficient (Wildman–Crippen LogP) is 2.30. The zero-order valence-corrected chi connectivity index (χ0v) is 10.6. The molecule has 2 aliphatic heterocycles. The first-order chi connectivity index (χ1) is 8.95. The number of halogens is 3. The summed E-state index contributed by atoms with van der Waals surface area (Å²) in [6, 6.07) is 1.26. The Morgan fingerprint density at radius 2 is 1.95 bits per heavy atom. The van der Waals surface area contributed by atoms with Gasteiger partial charge in [0.1, 0.15) is 5.82 Å². The number of alkyl halides is 3. The molecule has 0 spiro atoms. The third-order valence-electron chi connectivity index (χ3n) is 3.75. The molecule has 7 heteroatoms. The fraction of sp³-hybridized carbons (Fsp3) is 0.667. The maximum atomic E-state index is 12.9. The summed E-state index contributed by atoms with van der Waals surface area (Å²) in [6.45, 7) is 4.23. The number of hydrogen-bond acceptors (Lipinski definition) is 4. The van der Waals surface area contributed by atoms with Crippen molar-refractivity contribution in [1.82, 2.24) is 9.97 Å². The molecule has 4 nitrogen and oxygen atoms in total. The van der Waals surface area contributed by atoms with Crippen molar-refractivity contribution in [3.63, 3.8) is 0 Å². The van der Waals surface area contributed by atoms with Gasteiger partial charge in [0, 0.05) is 31.7 Å². The average Bonchev–Trinajstić information content (AvgIpc) is 2.23. The van der Waals surface area contributed by atoms with Crippen LogP contribution in [-0.2, 0) is 6.18 Å². The van der Waals surface area contributed by atoms with E-state index in [1.54, 1.807) is 0 Å². The molecule has 1 unspecified atom stereocenters. The van der Waals surface area contributed by atoms with Crippen LogP contribution < -0.4 is 9.80 Å². The molecule has 0 amide bonds. The van der Waals surface area contributed by atoms with Crippen LogP contribution in [0.5, 0.6) is 0 Å². The van der Waals surface area contributed by atoms with Gasteiger partial charge in [0.15, 0.2) is 5.69 Å². The van der Waals surface area contributed by atoms with E-state index in [0.717, 1.165) is 38.5 Å². The minimum Gasteiger partial charge on any atom is -0.356 e. The molecule has 0 radical (unpaired) electrons. The number of hydrogen-bond donors (Lipinski definition) is 0. The lowest BCUT2D eigenvalue weighted by atomic mass is 10.1. The normalized spacial score (nSPS) is 23.1. The Bertz CT molecular complexity index is 484. The highest BCUT2D eigenvalue weighted by atomic mass is 19.4. The zero-order valence-electron chi connectivity index (χ0n) is 10.6. The van der Waals surface area contributed by atoms with Crippen LogP contribution in [0.25, 0.3) is 0 Å². The van der Waals surface area contributed by atoms with E-state index in [0.29, 0.717) is 5.82 Å². The molecule has 1 atom stereocenters. The highest BCUT2D eigenvalue weighted by Gasteiger charge is 2.36. The molecule has 0 N–H and O–H groups in total. The number of aromatic nitrogens is 2. The van der Waals surface area contributed by atoms with Gasteiger partial charge in [-0.2, -0.15) is 18.2 Å². The van der Waals surface area contributed by atoms with Crippen molar-refractivity contribution in [2.24, 2.45) is 0 Å². The highest BCUT2D eigenvalue weighted by molar-refractivity contribution is 5.49. The summed E-state index contributed by atoms with van der Waals surface area (Å²) in [4.78, 5) is 11.6. The summed E-state index contributed by atoms with van der Waals surface area (Å²) in [7, 11) is 0. The summed E-state index contributed by atoms with van der Waals surface area (Å²) in [5.41, 5.74) is -0.849. The van der Waals surface area contributed by atoms with Crippen LogP contribution in [0.15, 0.2) is 6.07 Å². The molecule has 2 aliphatic rings. The van der Waals surface area contributed by atoms with Crippen molar-refractivity contribution in [2.75, 3.05) is 29.4 Å².